The van der Waals surface area contributed by atoms with Crippen molar-refractivity contribution < 1.29 is 9.53 Å². The third-order valence-electron chi connectivity index (χ3n) is 2.74. The minimum atomic E-state index is -0.299. The number of carbonyl (C=O) groups excluding carboxylic acids is 1. The predicted molar refractivity (Wildman–Crippen MR) is 72.2 cm³/mol. The summed E-state index contributed by atoms with van der Waals surface area (Å²) >= 11 is 3.44. The molecule has 17 heavy (non-hydrogen) atoms. The zero-order chi connectivity index (χ0) is 12.3. The van der Waals surface area contributed by atoms with Crippen molar-refractivity contribution in [1.29, 1.82) is 0 Å². The van der Waals surface area contributed by atoms with Crippen LogP contribution in [0.15, 0.2) is 6.20 Å². The van der Waals surface area contributed by atoms with Gasteiger partial charge in [-0.15, -0.1) is 0 Å². The Kier molecular flexibility index (Phi) is 4.28. The summed E-state index contributed by atoms with van der Waals surface area (Å²) in [6, 6.07) is 0. The maximum atomic E-state index is 11.4. The second-order valence-electron chi connectivity index (χ2n) is 3.85. The van der Waals surface area contributed by atoms with Crippen molar-refractivity contribution in [3.05, 3.63) is 11.1 Å². The van der Waals surface area contributed by atoms with Crippen LogP contribution in [0, 0.1) is 0 Å². The monoisotopic (exact) mass is 272 g/mol. The summed E-state index contributed by atoms with van der Waals surface area (Å²) in [5.74, 6) is 0.832. The molecule has 6 heteroatoms. The van der Waals surface area contributed by atoms with Crippen LogP contribution >= 0.6 is 23.1 Å². The molecule has 1 unspecified atom stereocenters. The summed E-state index contributed by atoms with van der Waals surface area (Å²) < 4.78 is 4.69. The SMILES string of the molecule is CCC1CN(c2ncc(C(=O)OC)s2)CCS1. The Morgan fingerprint density at radius 2 is 2.53 bits per heavy atom. The number of aromatic nitrogens is 1. The van der Waals surface area contributed by atoms with Gasteiger partial charge in [0.05, 0.1) is 13.3 Å². The van der Waals surface area contributed by atoms with Gasteiger partial charge in [0, 0.05) is 24.1 Å². The molecule has 2 rings (SSSR count). The lowest BCUT2D eigenvalue weighted by molar-refractivity contribution is 0.0606. The third-order valence-corrected chi connectivity index (χ3v) is 5.15. The van der Waals surface area contributed by atoms with Crippen molar-refractivity contribution in [2.45, 2.75) is 18.6 Å². The number of anilines is 1. The number of carbonyl (C=O) groups is 1. The molecular formula is C11H16N2O2S2. The van der Waals surface area contributed by atoms with Gasteiger partial charge in [-0.05, 0) is 6.42 Å². The molecule has 0 aliphatic carbocycles. The first-order chi connectivity index (χ1) is 8.24. The van der Waals surface area contributed by atoms with Crippen LogP contribution in [0.1, 0.15) is 23.0 Å². The van der Waals surface area contributed by atoms with E-state index in [-0.39, 0.29) is 5.97 Å². The fourth-order valence-electron chi connectivity index (χ4n) is 1.75. The van der Waals surface area contributed by atoms with E-state index in [1.807, 2.05) is 11.8 Å². The van der Waals surface area contributed by atoms with Crippen molar-refractivity contribution in [1.82, 2.24) is 4.98 Å². The van der Waals surface area contributed by atoms with Crippen molar-refractivity contribution in [2.75, 3.05) is 30.9 Å². The average Bonchev–Trinajstić information content (AvgIpc) is 2.87. The van der Waals surface area contributed by atoms with Gasteiger partial charge in [-0.2, -0.15) is 11.8 Å². The Labute approximate surface area is 109 Å². The van der Waals surface area contributed by atoms with Crippen LogP contribution in [0.4, 0.5) is 5.13 Å². The van der Waals surface area contributed by atoms with Crippen molar-refractivity contribution in [3.8, 4) is 0 Å². The standard InChI is InChI=1S/C11H16N2O2S2/c1-3-8-7-13(4-5-16-8)11-12-6-9(17-11)10(14)15-2/h6,8H,3-5,7H2,1-2H3. The number of esters is 1. The van der Waals surface area contributed by atoms with Gasteiger partial charge in [-0.3, -0.25) is 0 Å². The summed E-state index contributed by atoms with van der Waals surface area (Å²) in [6.45, 7) is 4.24. The van der Waals surface area contributed by atoms with Crippen LogP contribution < -0.4 is 4.90 Å². The average molecular weight is 272 g/mol. The molecule has 0 spiro atoms. The molecule has 2 heterocycles. The number of thiazole rings is 1. The molecule has 0 radical (unpaired) electrons. The van der Waals surface area contributed by atoms with Crippen LogP contribution in [-0.2, 0) is 4.74 Å². The van der Waals surface area contributed by atoms with Gasteiger partial charge >= 0.3 is 5.97 Å². The lowest BCUT2D eigenvalue weighted by Crippen LogP contribution is -2.37. The smallest absolute Gasteiger partial charge is 0.349 e. The normalized spacial score (nSPS) is 20.4. The third kappa shape index (κ3) is 2.93. The molecule has 0 aromatic carbocycles. The molecule has 4 nitrogen and oxygen atoms in total. The highest BCUT2D eigenvalue weighted by Gasteiger charge is 2.22. The Bertz CT molecular complexity index is 395. The maximum absolute atomic E-state index is 11.4. The zero-order valence-electron chi connectivity index (χ0n) is 10.0. The Morgan fingerprint density at radius 1 is 1.71 bits per heavy atom. The number of hydrogen-bond donors (Lipinski definition) is 0. The number of thioether (sulfide) groups is 1. The molecule has 0 saturated carbocycles. The van der Waals surface area contributed by atoms with Gasteiger partial charge in [0.25, 0.3) is 0 Å². The first kappa shape index (κ1) is 12.7. The minimum absolute atomic E-state index is 0.299. The largest absolute Gasteiger partial charge is 0.465 e. The fraction of sp³-hybridized carbons (Fsp3) is 0.636. The summed E-state index contributed by atoms with van der Waals surface area (Å²) in [7, 11) is 1.40. The van der Waals surface area contributed by atoms with Crippen LogP contribution in [-0.4, -0.2) is 42.2 Å². The van der Waals surface area contributed by atoms with Gasteiger partial charge in [-0.25, -0.2) is 9.78 Å². The summed E-state index contributed by atoms with van der Waals surface area (Å²) in [5.41, 5.74) is 0. The van der Waals surface area contributed by atoms with E-state index >= 15 is 0 Å². The molecule has 1 aromatic rings. The van der Waals surface area contributed by atoms with Gasteiger partial charge in [-0.1, -0.05) is 18.3 Å². The van der Waals surface area contributed by atoms with E-state index in [1.165, 1.54) is 24.9 Å². The molecule has 1 atom stereocenters. The number of ether oxygens (including phenoxy) is 1. The lowest BCUT2D eigenvalue weighted by atomic mass is 10.3. The van der Waals surface area contributed by atoms with Crippen LogP contribution in [0.5, 0.6) is 0 Å². The first-order valence-electron chi connectivity index (χ1n) is 5.65. The van der Waals surface area contributed by atoms with E-state index in [0.717, 1.165) is 24.0 Å². The molecule has 1 saturated heterocycles. The lowest BCUT2D eigenvalue weighted by Gasteiger charge is -2.31. The molecule has 1 aliphatic rings. The molecule has 1 aliphatic heterocycles. The zero-order valence-corrected chi connectivity index (χ0v) is 11.6. The number of methoxy groups -OCH3 is 1. The van der Waals surface area contributed by atoms with E-state index in [4.69, 9.17) is 0 Å². The highest BCUT2D eigenvalue weighted by Crippen LogP contribution is 2.29. The second kappa shape index (κ2) is 5.73. The van der Waals surface area contributed by atoms with Gasteiger partial charge in [0.15, 0.2) is 5.13 Å². The number of nitrogens with zero attached hydrogens (tertiary/aromatic N) is 2. The van der Waals surface area contributed by atoms with Crippen molar-refractivity contribution >= 4 is 34.2 Å². The molecule has 0 bridgehead atoms. The first-order valence-corrected chi connectivity index (χ1v) is 7.51. The maximum Gasteiger partial charge on any atom is 0.349 e. The summed E-state index contributed by atoms with van der Waals surface area (Å²) in [5, 5.41) is 1.61. The highest BCUT2D eigenvalue weighted by molar-refractivity contribution is 8.00. The van der Waals surface area contributed by atoms with Crippen LogP contribution in [0.2, 0.25) is 0 Å². The van der Waals surface area contributed by atoms with Crippen molar-refractivity contribution in [3.63, 3.8) is 0 Å². The van der Waals surface area contributed by atoms with Gasteiger partial charge < -0.3 is 9.64 Å². The molecule has 0 N–H and O–H groups in total. The Morgan fingerprint density at radius 3 is 3.24 bits per heavy atom. The Balaban J connectivity index is 2.06. The van der Waals surface area contributed by atoms with E-state index in [0.29, 0.717) is 10.1 Å². The van der Waals surface area contributed by atoms with Gasteiger partial charge in [0.1, 0.15) is 4.88 Å². The van der Waals surface area contributed by atoms with Crippen LogP contribution in [0.25, 0.3) is 0 Å². The molecule has 1 aromatic heterocycles. The van der Waals surface area contributed by atoms with Gasteiger partial charge in [0.2, 0.25) is 0 Å². The highest BCUT2D eigenvalue weighted by atomic mass is 32.2. The van der Waals surface area contributed by atoms with E-state index < -0.39 is 0 Å². The molecule has 1 fully saturated rings. The van der Waals surface area contributed by atoms with Crippen molar-refractivity contribution in [2.24, 2.45) is 0 Å². The summed E-state index contributed by atoms with van der Waals surface area (Å²) in [4.78, 5) is 18.5. The quantitative estimate of drug-likeness (QED) is 0.790. The van der Waals surface area contributed by atoms with E-state index in [1.54, 1.807) is 6.20 Å². The number of rotatable bonds is 3. The molecule has 0 amide bonds. The minimum Gasteiger partial charge on any atom is -0.465 e. The van der Waals surface area contributed by atoms with Crippen LogP contribution in [0.3, 0.4) is 0 Å². The number of hydrogen-bond acceptors (Lipinski definition) is 6. The Hall–Kier alpha value is -0.750. The molecular weight excluding hydrogens is 256 g/mol. The predicted octanol–water partition coefficient (Wildman–Crippen LogP) is 2.26. The van der Waals surface area contributed by atoms with E-state index in [9.17, 15) is 4.79 Å². The fourth-order valence-corrected chi connectivity index (χ4v) is 3.80. The molecule has 94 valence electrons. The van der Waals surface area contributed by atoms with E-state index in [2.05, 4.69) is 21.5 Å². The second-order valence-corrected chi connectivity index (χ2v) is 6.26. The summed E-state index contributed by atoms with van der Waals surface area (Å²) in [6.07, 6.45) is 2.78. The topological polar surface area (TPSA) is 42.4 Å².